The van der Waals surface area contributed by atoms with Crippen LogP contribution in [0.4, 0.5) is 32.0 Å². The van der Waals surface area contributed by atoms with Crippen LogP contribution in [0, 0.1) is 24.4 Å². The number of pyridine rings is 1. The summed E-state index contributed by atoms with van der Waals surface area (Å²) >= 11 is 0. The van der Waals surface area contributed by atoms with E-state index < -0.39 is 40.7 Å². The van der Waals surface area contributed by atoms with Crippen LogP contribution in [0.25, 0.3) is 28.0 Å². The standard InChI is InChI=1S/C28H17F6N3O/c1-15-25-19(5-3-13-37(25)26(35-15)20-4-2-6-23(30)24(20)31)16-7-12-22(28(32,33)34)21(14-16)27(38)36-18-10-8-17(29)9-11-18/h2-14H,1H3,(H,36,38). The normalized spacial score (nSPS) is 11.7. The Balaban J connectivity index is 1.65. The molecule has 1 amide bonds. The number of aryl methyl sites for hydroxylation is 1. The molecular formula is C28H17F6N3O. The highest BCUT2D eigenvalue weighted by atomic mass is 19.4. The molecular weight excluding hydrogens is 508 g/mol. The Labute approximate surface area is 212 Å². The molecule has 0 spiro atoms. The Hall–Kier alpha value is -4.60. The summed E-state index contributed by atoms with van der Waals surface area (Å²) < 4.78 is 84.6. The Morgan fingerprint density at radius 2 is 1.61 bits per heavy atom. The predicted octanol–water partition coefficient (Wildman–Crippen LogP) is 7.67. The lowest BCUT2D eigenvalue weighted by Crippen LogP contribution is -2.19. The number of carbonyl (C=O) groups excluding carboxylic acids is 1. The van der Waals surface area contributed by atoms with Crippen LogP contribution in [-0.2, 0) is 6.18 Å². The minimum absolute atomic E-state index is 0.0861. The van der Waals surface area contributed by atoms with Gasteiger partial charge in [-0.05, 0) is 67.1 Å². The number of aromatic nitrogens is 2. The van der Waals surface area contributed by atoms with Crippen molar-refractivity contribution in [3.63, 3.8) is 0 Å². The monoisotopic (exact) mass is 525 g/mol. The average Bonchev–Trinajstić information content (AvgIpc) is 3.22. The number of amides is 1. The molecule has 0 aliphatic carbocycles. The summed E-state index contributed by atoms with van der Waals surface area (Å²) in [6, 6.07) is 14.6. The minimum Gasteiger partial charge on any atom is -0.322 e. The smallest absolute Gasteiger partial charge is 0.322 e. The van der Waals surface area contributed by atoms with Crippen LogP contribution < -0.4 is 5.32 Å². The number of halogens is 6. The van der Waals surface area contributed by atoms with Crippen molar-refractivity contribution in [1.82, 2.24) is 9.38 Å². The third-order valence-electron chi connectivity index (χ3n) is 6.01. The number of fused-ring (bicyclic) bond motifs is 1. The van der Waals surface area contributed by atoms with E-state index in [4.69, 9.17) is 0 Å². The minimum atomic E-state index is -4.82. The van der Waals surface area contributed by atoms with E-state index in [0.717, 1.165) is 30.3 Å². The lowest BCUT2D eigenvalue weighted by Gasteiger charge is -2.15. The zero-order chi connectivity index (χ0) is 27.2. The van der Waals surface area contributed by atoms with E-state index in [1.54, 1.807) is 25.3 Å². The third-order valence-corrected chi connectivity index (χ3v) is 6.01. The predicted molar refractivity (Wildman–Crippen MR) is 130 cm³/mol. The quantitative estimate of drug-likeness (QED) is 0.245. The van der Waals surface area contributed by atoms with Gasteiger partial charge in [-0.3, -0.25) is 9.20 Å². The second-order valence-electron chi connectivity index (χ2n) is 8.48. The van der Waals surface area contributed by atoms with Gasteiger partial charge in [0.25, 0.3) is 5.91 Å². The number of hydrogen-bond donors (Lipinski definition) is 1. The van der Waals surface area contributed by atoms with Crippen LogP contribution >= 0.6 is 0 Å². The van der Waals surface area contributed by atoms with Crippen molar-refractivity contribution in [3.05, 3.63) is 113 Å². The molecule has 0 aliphatic heterocycles. The molecule has 5 rings (SSSR count). The van der Waals surface area contributed by atoms with Gasteiger partial charge in [0.05, 0.1) is 27.9 Å². The van der Waals surface area contributed by atoms with Crippen molar-refractivity contribution in [1.29, 1.82) is 0 Å². The van der Waals surface area contributed by atoms with Crippen molar-refractivity contribution < 1.29 is 31.1 Å². The molecule has 4 nitrogen and oxygen atoms in total. The number of anilines is 1. The maximum atomic E-state index is 14.5. The molecule has 0 unspecified atom stereocenters. The van der Waals surface area contributed by atoms with Gasteiger partial charge in [0, 0.05) is 17.4 Å². The molecule has 192 valence electrons. The van der Waals surface area contributed by atoms with Gasteiger partial charge >= 0.3 is 6.18 Å². The molecule has 5 aromatic rings. The highest BCUT2D eigenvalue weighted by molar-refractivity contribution is 6.06. The maximum Gasteiger partial charge on any atom is 0.417 e. The van der Waals surface area contributed by atoms with E-state index in [0.29, 0.717) is 16.8 Å². The maximum absolute atomic E-state index is 14.5. The van der Waals surface area contributed by atoms with Gasteiger partial charge in [-0.1, -0.05) is 18.2 Å². The highest BCUT2D eigenvalue weighted by Gasteiger charge is 2.35. The number of rotatable bonds is 4. The number of benzene rings is 3. The van der Waals surface area contributed by atoms with Crippen LogP contribution in [0.1, 0.15) is 21.6 Å². The molecule has 0 saturated carbocycles. The fraction of sp³-hybridized carbons (Fsp3) is 0.0714. The number of nitrogens with zero attached hydrogens (tertiary/aromatic N) is 2. The number of imidazole rings is 1. The van der Waals surface area contributed by atoms with Crippen molar-refractivity contribution in [2.75, 3.05) is 5.32 Å². The molecule has 3 aromatic carbocycles. The zero-order valence-electron chi connectivity index (χ0n) is 19.6. The largest absolute Gasteiger partial charge is 0.417 e. The zero-order valence-corrected chi connectivity index (χ0v) is 19.6. The van der Waals surface area contributed by atoms with Crippen LogP contribution in [0.3, 0.4) is 0 Å². The van der Waals surface area contributed by atoms with E-state index >= 15 is 0 Å². The molecule has 38 heavy (non-hydrogen) atoms. The van der Waals surface area contributed by atoms with Gasteiger partial charge in [-0.2, -0.15) is 13.2 Å². The lowest BCUT2D eigenvalue weighted by atomic mass is 9.97. The van der Waals surface area contributed by atoms with E-state index in [1.807, 2.05) is 0 Å². The molecule has 1 N–H and O–H groups in total. The van der Waals surface area contributed by atoms with Gasteiger partial charge in [0.15, 0.2) is 11.6 Å². The first-order valence-electron chi connectivity index (χ1n) is 11.2. The van der Waals surface area contributed by atoms with Gasteiger partial charge in [-0.25, -0.2) is 18.2 Å². The summed E-state index contributed by atoms with van der Waals surface area (Å²) in [5.74, 6) is -3.63. The van der Waals surface area contributed by atoms with Gasteiger partial charge in [-0.15, -0.1) is 0 Å². The molecule has 0 bridgehead atoms. The number of carbonyl (C=O) groups is 1. The summed E-state index contributed by atoms with van der Waals surface area (Å²) in [4.78, 5) is 17.3. The Morgan fingerprint density at radius 1 is 0.895 bits per heavy atom. The first-order valence-corrected chi connectivity index (χ1v) is 11.2. The summed E-state index contributed by atoms with van der Waals surface area (Å²) in [5.41, 5.74) is -0.225. The van der Waals surface area contributed by atoms with Gasteiger partial charge in [0.2, 0.25) is 0 Å². The van der Waals surface area contributed by atoms with Crippen molar-refractivity contribution >= 4 is 17.1 Å². The van der Waals surface area contributed by atoms with Crippen LogP contribution in [0.15, 0.2) is 79.0 Å². The Bertz CT molecular complexity index is 1690. The van der Waals surface area contributed by atoms with Crippen molar-refractivity contribution in [3.8, 4) is 22.5 Å². The summed E-state index contributed by atoms with van der Waals surface area (Å²) in [5, 5.41) is 2.36. The molecule has 0 fully saturated rings. The molecule has 0 aliphatic rings. The van der Waals surface area contributed by atoms with E-state index in [9.17, 15) is 31.1 Å². The second-order valence-corrected chi connectivity index (χ2v) is 8.48. The molecule has 10 heteroatoms. The van der Waals surface area contributed by atoms with Gasteiger partial charge in [0.1, 0.15) is 11.6 Å². The molecule has 0 radical (unpaired) electrons. The van der Waals surface area contributed by atoms with Crippen molar-refractivity contribution in [2.45, 2.75) is 13.1 Å². The lowest BCUT2D eigenvalue weighted by molar-refractivity contribution is -0.137. The molecule has 2 heterocycles. The van der Waals surface area contributed by atoms with E-state index in [1.165, 1.54) is 34.7 Å². The van der Waals surface area contributed by atoms with Gasteiger partial charge < -0.3 is 5.32 Å². The number of hydrogen-bond acceptors (Lipinski definition) is 2. The SMILES string of the molecule is Cc1nc(-c2cccc(F)c2F)n2cccc(-c3ccc(C(F)(F)F)c(C(=O)Nc4ccc(F)cc4)c3)c12. The Kier molecular flexibility index (Phi) is 6.18. The summed E-state index contributed by atoms with van der Waals surface area (Å²) in [6.07, 6.45) is -3.25. The summed E-state index contributed by atoms with van der Waals surface area (Å²) in [6.45, 7) is 1.63. The third kappa shape index (κ3) is 4.49. The number of nitrogens with one attached hydrogen (secondary N) is 1. The molecule has 2 aromatic heterocycles. The fourth-order valence-corrected chi connectivity index (χ4v) is 4.30. The first-order chi connectivity index (χ1) is 18.0. The summed E-state index contributed by atoms with van der Waals surface area (Å²) in [7, 11) is 0. The fourth-order valence-electron chi connectivity index (χ4n) is 4.30. The van der Waals surface area contributed by atoms with Crippen molar-refractivity contribution in [2.24, 2.45) is 0 Å². The van der Waals surface area contributed by atoms with Crippen LogP contribution in [0.5, 0.6) is 0 Å². The topological polar surface area (TPSA) is 46.4 Å². The highest BCUT2D eigenvalue weighted by Crippen LogP contribution is 2.37. The van der Waals surface area contributed by atoms with Crippen LogP contribution in [0.2, 0.25) is 0 Å². The number of alkyl halides is 3. The van der Waals surface area contributed by atoms with Crippen LogP contribution in [-0.4, -0.2) is 15.3 Å². The van der Waals surface area contributed by atoms with E-state index in [2.05, 4.69) is 10.3 Å². The molecule has 0 saturated heterocycles. The molecule has 0 atom stereocenters. The second kappa shape index (κ2) is 9.37. The van der Waals surface area contributed by atoms with E-state index in [-0.39, 0.29) is 22.6 Å². The first kappa shape index (κ1) is 25.1. The Morgan fingerprint density at radius 3 is 2.32 bits per heavy atom. The average molecular weight is 525 g/mol.